The fourth-order valence-electron chi connectivity index (χ4n) is 2.38. The Morgan fingerprint density at radius 1 is 1.43 bits per heavy atom. The molecule has 0 radical (unpaired) electrons. The highest BCUT2D eigenvalue weighted by molar-refractivity contribution is 9.10. The Hall–Kier alpha value is -2.05. The SMILES string of the molecule is Cc1oc(C(=O)NN)cc1Cn1cc(Br)c2ccccc21. The lowest BCUT2D eigenvalue weighted by Gasteiger charge is -2.03. The number of halogens is 1. The van der Waals surface area contributed by atoms with Gasteiger partial charge in [-0.15, -0.1) is 0 Å². The number of amides is 1. The van der Waals surface area contributed by atoms with E-state index in [4.69, 9.17) is 10.3 Å². The van der Waals surface area contributed by atoms with Crippen molar-refractivity contribution in [2.75, 3.05) is 0 Å². The molecule has 0 aliphatic heterocycles. The number of benzene rings is 1. The summed E-state index contributed by atoms with van der Waals surface area (Å²) < 4.78 is 8.59. The number of hydrogen-bond acceptors (Lipinski definition) is 3. The van der Waals surface area contributed by atoms with Crippen LogP contribution in [-0.4, -0.2) is 10.5 Å². The van der Waals surface area contributed by atoms with Crippen LogP contribution in [0, 0.1) is 6.92 Å². The zero-order valence-electron chi connectivity index (χ0n) is 11.4. The molecule has 6 heteroatoms. The van der Waals surface area contributed by atoms with Gasteiger partial charge in [-0.2, -0.15) is 0 Å². The summed E-state index contributed by atoms with van der Waals surface area (Å²) in [5.41, 5.74) is 4.14. The summed E-state index contributed by atoms with van der Waals surface area (Å²) in [6.07, 6.45) is 2.03. The molecule has 108 valence electrons. The van der Waals surface area contributed by atoms with E-state index in [1.807, 2.05) is 25.3 Å². The van der Waals surface area contributed by atoms with Crippen LogP contribution < -0.4 is 11.3 Å². The molecule has 0 bridgehead atoms. The van der Waals surface area contributed by atoms with Crippen molar-refractivity contribution in [2.45, 2.75) is 13.5 Å². The van der Waals surface area contributed by atoms with Gasteiger partial charge in [0.15, 0.2) is 5.76 Å². The van der Waals surface area contributed by atoms with Gasteiger partial charge in [-0.05, 0) is 35.0 Å². The molecule has 2 heterocycles. The van der Waals surface area contributed by atoms with Crippen molar-refractivity contribution in [3.05, 3.63) is 58.1 Å². The van der Waals surface area contributed by atoms with Crippen LogP contribution in [0.5, 0.6) is 0 Å². The number of rotatable bonds is 3. The van der Waals surface area contributed by atoms with Crippen molar-refractivity contribution >= 4 is 32.7 Å². The number of hydrazine groups is 1. The number of aromatic nitrogens is 1. The van der Waals surface area contributed by atoms with E-state index < -0.39 is 5.91 Å². The molecule has 1 aromatic carbocycles. The molecule has 0 unspecified atom stereocenters. The highest BCUT2D eigenvalue weighted by Gasteiger charge is 2.15. The van der Waals surface area contributed by atoms with E-state index in [9.17, 15) is 4.79 Å². The first-order valence-corrected chi connectivity index (χ1v) is 7.23. The molecule has 5 nitrogen and oxygen atoms in total. The summed E-state index contributed by atoms with van der Waals surface area (Å²) in [5.74, 6) is 5.63. The molecule has 0 fully saturated rings. The normalized spacial score (nSPS) is 11.0. The Morgan fingerprint density at radius 3 is 2.95 bits per heavy atom. The minimum Gasteiger partial charge on any atom is -0.456 e. The summed E-state index contributed by atoms with van der Waals surface area (Å²) in [6, 6.07) is 9.85. The molecule has 3 N–H and O–H groups in total. The van der Waals surface area contributed by atoms with E-state index in [0.717, 1.165) is 20.9 Å². The van der Waals surface area contributed by atoms with Crippen LogP contribution >= 0.6 is 15.9 Å². The van der Waals surface area contributed by atoms with E-state index in [1.165, 1.54) is 0 Å². The van der Waals surface area contributed by atoms with E-state index in [2.05, 4.69) is 38.1 Å². The average molecular weight is 348 g/mol. The summed E-state index contributed by atoms with van der Waals surface area (Å²) in [5, 5.41) is 1.15. The first-order valence-electron chi connectivity index (χ1n) is 6.43. The van der Waals surface area contributed by atoms with Gasteiger partial charge >= 0.3 is 5.91 Å². The monoisotopic (exact) mass is 347 g/mol. The molecule has 2 aromatic heterocycles. The molecule has 21 heavy (non-hydrogen) atoms. The van der Waals surface area contributed by atoms with Crippen molar-refractivity contribution in [1.29, 1.82) is 0 Å². The quantitative estimate of drug-likeness (QED) is 0.434. The summed E-state index contributed by atoms with van der Waals surface area (Å²) in [6.45, 7) is 2.46. The summed E-state index contributed by atoms with van der Waals surface area (Å²) >= 11 is 3.56. The largest absolute Gasteiger partial charge is 0.456 e. The predicted molar refractivity (Wildman–Crippen MR) is 83.8 cm³/mol. The third-order valence-corrected chi connectivity index (χ3v) is 4.09. The van der Waals surface area contributed by atoms with Gasteiger partial charge in [0.1, 0.15) is 5.76 Å². The number of carbonyl (C=O) groups excluding carboxylic acids is 1. The van der Waals surface area contributed by atoms with Crippen molar-refractivity contribution in [1.82, 2.24) is 9.99 Å². The maximum atomic E-state index is 11.5. The number of nitrogens with zero attached hydrogens (tertiary/aromatic N) is 1. The van der Waals surface area contributed by atoms with Gasteiger partial charge in [0.05, 0.1) is 6.54 Å². The lowest BCUT2D eigenvalue weighted by molar-refractivity contribution is 0.0924. The first kappa shape index (κ1) is 13.9. The topological polar surface area (TPSA) is 73.2 Å². The zero-order valence-corrected chi connectivity index (χ0v) is 13.0. The number of furan rings is 1. The fraction of sp³-hybridized carbons (Fsp3) is 0.133. The first-order chi connectivity index (χ1) is 10.1. The number of carbonyl (C=O) groups is 1. The highest BCUT2D eigenvalue weighted by atomic mass is 79.9. The van der Waals surface area contributed by atoms with E-state index in [-0.39, 0.29) is 5.76 Å². The van der Waals surface area contributed by atoms with E-state index in [0.29, 0.717) is 12.3 Å². The maximum absolute atomic E-state index is 11.5. The van der Waals surface area contributed by atoms with Crippen molar-refractivity contribution < 1.29 is 9.21 Å². The van der Waals surface area contributed by atoms with Crippen LogP contribution in [0.2, 0.25) is 0 Å². The molecule has 3 aromatic rings. The maximum Gasteiger partial charge on any atom is 0.300 e. The number of hydrogen-bond donors (Lipinski definition) is 2. The van der Waals surface area contributed by atoms with Crippen LogP contribution in [-0.2, 0) is 6.54 Å². The Kier molecular flexibility index (Phi) is 3.57. The highest BCUT2D eigenvalue weighted by Crippen LogP contribution is 2.27. The third kappa shape index (κ3) is 2.48. The Balaban J connectivity index is 1.99. The van der Waals surface area contributed by atoms with Gasteiger partial charge in [0.25, 0.3) is 0 Å². The Bertz CT molecular complexity index is 820. The molecule has 0 spiro atoms. The minimum atomic E-state index is -0.428. The van der Waals surface area contributed by atoms with Gasteiger partial charge < -0.3 is 8.98 Å². The van der Waals surface area contributed by atoms with Crippen LogP contribution in [0.15, 0.2) is 45.4 Å². The number of fused-ring (bicyclic) bond motifs is 1. The van der Waals surface area contributed by atoms with Crippen molar-refractivity contribution in [3.63, 3.8) is 0 Å². The number of nitrogen functional groups attached to an aromatic ring is 1. The number of para-hydroxylation sites is 1. The van der Waals surface area contributed by atoms with E-state index in [1.54, 1.807) is 6.07 Å². The predicted octanol–water partition coefficient (Wildman–Crippen LogP) is 2.96. The summed E-state index contributed by atoms with van der Waals surface area (Å²) in [4.78, 5) is 11.5. The van der Waals surface area contributed by atoms with Crippen LogP contribution in [0.25, 0.3) is 10.9 Å². The minimum absolute atomic E-state index is 0.223. The molecule has 0 atom stereocenters. The Labute approximate surface area is 129 Å². The number of aryl methyl sites for hydroxylation is 1. The molecule has 0 saturated heterocycles. The molecule has 3 rings (SSSR count). The number of nitrogens with one attached hydrogen (secondary N) is 1. The smallest absolute Gasteiger partial charge is 0.300 e. The van der Waals surface area contributed by atoms with Gasteiger partial charge in [-0.25, -0.2) is 5.84 Å². The van der Waals surface area contributed by atoms with Gasteiger partial charge in [0, 0.05) is 27.1 Å². The third-order valence-electron chi connectivity index (χ3n) is 3.46. The lowest BCUT2D eigenvalue weighted by Crippen LogP contribution is -2.29. The fourth-order valence-corrected chi connectivity index (χ4v) is 2.96. The molecule has 0 saturated carbocycles. The molecular formula is C15H14BrN3O2. The van der Waals surface area contributed by atoms with Gasteiger partial charge in [-0.1, -0.05) is 18.2 Å². The molecule has 1 amide bonds. The van der Waals surface area contributed by atoms with Gasteiger partial charge in [0.2, 0.25) is 0 Å². The summed E-state index contributed by atoms with van der Waals surface area (Å²) in [7, 11) is 0. The Morgan fingerprint density at radius 2 is 2.19 bits per heavy atom. The van der Waals surface area contributed by atoms with Crippen molar-refractivity contribution in [2.24, 2.45) is 5.84 Å². The zero-order chi connectivity index (χ0) is 15.0. The lowest BCUT2D eigenvalue weighted by atomic mass is 10.2. The standard InChI is InChI=1S/C15H14BrN3O2/c1-9-10(6-14(21-9)15(20)18-17)7-19-8-12(16)11-4-2-3-5-13(11)19/h2-6,8H,7,17H2,1H3,(H,18,20). The number of nitrogens with two attached hydrogens (primary N) is 1. The second kappa shape index (κ2) is 5.38. The molecule has 0 aliphatic carbocycles. The van der Waals surface area contributed by atoms with Gasteiger partial charge in [-0.3, -0.25) is 10.2 Å². The second-order valence-corrected chi connectivity index (χ2v) is 5.64. The van der Waals surface area contributed by atoms with Crippen molar-refractivity contribution in [3.8, 4) is 0 Å². The average Bonchev–Trinajstić information content (AvgIpc) is 3.01. The van der Waals surface area contributed by atoms with E-state index >= 15 is 0 Å². The van der Waals surface area contributed by atoms with Crippen LogP contribution in [0.1, 0.15) is 21.9 Å². The molecular weight excluding hydrogens is 334 g/mol. The molecule has 0 aliphatic rings. The second-order valence-electron chi connectivity index (χ2n) is 4.79. The van der Waals surface area contributed by atoms with Crippen LogP contribution in [0.4, 0.5) is 0 Å². The van der Waals surface area contributed by atoms with Crippen LogP contribution in [0.3, 0.4) is 0 Å².